The van der Waals surface area contributed by atoms with Crippen LogP contribution < -0.4 is 10.2 Å². The van der Waals surface area contributed by atoms with E-state index in [0.29, 0.717) is 18.5 Å². The van der Waals surface area contributed by atoms with Crippen LogP contribution in [0.2, 0.25) is 0 Å². The minimum absolute atomic E-state index is 0.112. The van der Waals surface area contributed by atoms with Gasteiger partial charge in [0.2, 0.25) is 5.91 Å². The highest BCUT2D eigenvalue weighted by atomic mass is 32.1. The van der Waals surface area contributed by atoms with E-state index < -0.39 is 0 Å². The highest BCUT2D eigenvalue weighted by Gasteiger charge is 2.22. The lowest BCUT2D eigenvalue weighted by Gasteiger charge is -2.16. The maximum atomic E-state index is 12.6. The van der Waals surface area contributed by atoms with Gasteiger partial charge in [-0.1, -0.05) is 18.2 Å². The van der Waals surface area contributed by atoms with E-state index in [-0.39, 0.29) is 11.8 Å². The Balaban J connectivity index is 1.48. The second-order valence-corrected chi connectivity index (χ2v) is 7.54. The third kappa shape index (κ3) is 3.75. The standard InChI is InChI=1S/C21H19N3O2S/c1-14-22-19(13-27-14)15-7-9-17(10-8-15)23-21(26)16-4-2-5-18(12-16)24-11-3-6-20(24)25/h2,4-5,7-10,12-13H,3,6,11H2,1H3,(H,23,26). The van der Waals surface area contributed by atoms with Crippen LogP contribution in [-0.2, 0) is 4.79 Å². The smallest absolute Gasteiger partial charge is 0.255 e. The molecule has 27 heavy (non-hydrogen) atoms. The van der Waals surface area contributed by atoms with Crippen molar-refractivity contribution in [2.45, 2.75) is 19.8 Å². The van der Waals surface area contributed by atoms with Gasteiger partial charge >= 0.3 is 0 Å². The number of nitrogens with one attached hydrogen (secondary N) is 1. The maximum Gasteiger partial charge on any atom is 0.255 e. The fourth-order valence-corrected chi connectivity index (χ4v) is 3.78. The lowest BCUT2D eigenvalue weighted by atomic mass is 10.1. The molecule has 0 unspecified atom stereocenters. The summed E-state index contributed by atoms with van der Waals surface area (Å²) in [6.45, 7) is 2.69. The molecule has 2 amide bonds. The van der Waals surface area contributed by atoms with Crippen molar-refractivity contribution in [2.75, 3.05) is 16.8 Å². The zero-order valence-electron chi connectivity index (χ0n) is 14.9. The summed E-state index contributed by atoms with van der Waals surface area (Å²) in [5.74, 6) is -0.0822. The Labute approximate surface area is 161 Å². The van der Waals surface area contributed by atoms with Crippen LogP contribution in [0.25, 0.3) is 11.3 Å². The summed E-state index contributed by atoms with van der Waals surface area (Å²) in [6, 6.07) is 14.8. The summed E-state index contributed by atoms with van der Waals surface area (Å²) in [6.07, 6.45) is 1.43. The third-order valence-corrected chi connectivity index (χ3v) is 5.32. The molecule has 2 aromatic carbocycles. The van der Waals surface area contributed by atoms with Gasteiger partial charge in [0.15, 0.2) is 0 Å². The van der Waals surface area contributed by atoms with Gasteiger partial charge in [-0.2, -0.15) is 0 Å². The first-order valence-corrected chi connectivity index (χ1v) is 9.72. The Hall–Kier alpha value is -2.99. The molecule has 0 radical (unpaired) electrons. The predicted octanol–water partition coefficient (Wildman–Crippen LogP) is 4.50. The van der Waals surface area contributed by atoms with E-state index >= 15 is 0 Å². The molecule has 4 rings (SSSR count). The Morgan fingerprint density at radius 3 is 2.67 bits per heavy atom. The molecule has 1 aromatic heterocycles. The van der Waals surface area contributed by atoms with Crippen molar-refractivity contribution in [1.82, 2.24) is 4.98 Å². The minimum Gasteiger partial charge on any atom is -0.322 e. The molecule has 1 fully saturated rings. The zero-order valence-corrected chi connectivity index (χ0v) is 15.8. The number of hydrogen-bond donors (Lipinski definition) is 1. The summed E-state index contributed by atoms with van der Waals surface area (Å²) < 4.78 is 0. The van der Waals surface area contributed by atoms with Crippen LogP contribution >= 0.6 is 11.3 Å². The molecule has 1 aliphatic rings. The number of thiazole rings is 1. The first-order chi connectivity index (χ1) is 13.1. The van der Waals surface area contributed by atoms with Crippen LogP contribution in [0.4, 0.5) is 11.4 Å². The number of hydrogen-bond acceptors (Lipinski definition) is 4. The van der Waals surface area contributed by atoms with E-state index in [0.717, 1.165) is 34.1 Å². The molecule has 3 aromatic rings. The first-order valence-electron chi connectivity index (χ1n) is 8.84. The SMILES string of the molecule is Cc1nc(-c2ccc(NC(=O)c3cccc(N4CCCC4=O)c3)cc2)cs1. The van der Waals surface area contributed by atoms with Crippen LogP contribution in [0, 0.1) is 6.92 Å². The van der Waals surface area contributed by atoms with Crippen LogP contribution in [0.1, 0.15) is 28.2 Å². The number of aryl methyl sites for hydroxylation is 1. The van der Waals surface area contributed by atoms with Gasteiger partial charge in [0, 0.05) is 40.8 Å². The van der Waals surface area contributed by atoms with Crippen molar-refractivity contribution in [1.29, 1.82) is 0 Å². The van der Waals surface area contributed by atoms with Gasteiger partial charge in [0.25, 0.3) is 5.91 Å². The lowest BCUT2D eigenvalue weighted by molar-refractivity contribution is -0.117. The third-order valence-electron chi connectivity index (χ3n) is 4.55. The summed E-state index contributed by atoms with van der Waals surface area (Å²) in [5.41, 5.74) is 3.99. The molecule has 0 bridgehead atoms. The molecule has 0 atom stereocenters. The van der Waals surface area contributed by atoms with E-state index in [1.54, 1.807) is 28.4 Å². The average Bonchev–Trinajstić information content (AvgIpc) is 3.31. The van der Waals surface area contributed by atoms with E-state index in [2.05, 4.69) is 10.3 Å². The predicted molar refractivity (Wildman–Crippen MR) is 108 cm³/mol. The Bertz CT molecular complexity index is 995. The molecule has 0 saturated carbocycles. The fraction of sp³-hybridized carbons (Fsp3) is 0.190. The van der Waals surface area contributed by atoms with Crippen molar-refractivity contribution >= 4 is 34.5 Å². The first kappa shape index (κ1) is 17.4. The molecule has 1 N–H and O–H groups in total. The van der Waals surface area contributed by atoms with Crippen molar-refractivity contribution in [3.63, 3.8) is 0 Å². The van der Waals surface area contributed by atoms with Crippen LogP contribution in [-0.4, -0.2) is 23.3 Å². The van der Waals surface area contributed by atoms with E-state index in [9.17, 15) is 9.59 Å². The molecule has 0 aliphatic carbocycles. The summed E-state index contributed by atoms with van der Waals surface area (Å²) >= 11 is 1.61. The maximum absolute atomic E-state index is 12.6. The average molecular weight is 377 g/mol. The second kappa shape index (κ2) is 7.32. The van der Waals surface area contributed by atoms with Gasteiger partial charge < -0.3 is 10.2 Å². The van der Waals surface area contributed by atoms with E-state index in [1.165, 1.54) is 0 Å². The van der Waals surface area contributed by atoms with Gasteiger partial charge in [-0.05, 0) is 43.7 Å². The molecule has 6 heteroatoms. The van der Waals surface area contributed by atoms with Crippen LogP contribution in [0.15, 0.2) is 53.9 Å². The molecular formula is C21H19N3O2S. The normalized spacial score (nSPS) is 13.8. The molecule has 1 aliphatic heterocycles. The molecular weight excluding hydrogens is 358 g/mol. The zero-order chi connectivity index (χ0) is 18.8. The van der Waals surface area contributed by atoms with Gasteiger partial charge in [-0.3, -0.25) is 9.59 Å². The van der Waals surface area contributed by atoms with Gasteiger partial charge in [0.1, 0.15) is 0 Å². The number of nitrogens with zero attached hydrogens (tertiary/aromatic N) is 2. The molecule has 0 spiro atoms. The summed E-state index contributed by atoms with van der Waals surface area (Å²) in [4.78, 5) is 30.7. The van der Waals surface area contributed by atoms with Gasteiger partial charge in [-0.25, -0.2) is 4.98 Å². The molecule has 2 heterocycles. The molecule has 1 saturated heterocycles. The highest BCUT2D eigenvalue weighted by Crippen LogP contribution is 2.25. The van der Waals surface area contributed by atoms with Gasteiger partial charge in [0.05, 0.1) is 10.7 Å². The summed E-state index contributed by atoms with van der Waals surface area (Å²) in [7, 11) is 0. The number of anilines is 2. The molecule has 136 valence electrons. The van der Waals surface area contributed by atoms with E-state index in [4.69, 9.17) is 0 Å². The topological polar surface area (TPSA) is 62.3 Å². The number of rotatable bonds is 4. The Kier molecular flexibility index (Phi) is 4.73. The Morgan fingerprint density at radius 1 is 1.19 bits per heavy atom. The number of benzene rings is 2. The van der Waals surface area contributed by atoms with Crippen molar-refractivity contribution in [3.05, 3.63) is 64.5 Å². The van der Waals surface area contributed by atoms with Crippen LogP contribution in [0.3, 0.4) is 0 Å². The number of amides is 2. The number of carbonyl (C=O) groups is 2. The van der Waals surface area contributed by atoms with Gasteiger partial charge in [-0.15, -0.1) is 11.3 Å². The van der Waals surface area contributed by atoms with Crippen molar-refractivity contribution < 1.29 is 9.59 Å². The number of carbonyl (C=O) groups excluding carboxylic acids is 2. The highest BCUT2D eigenvalue weighted by molar-refractivity contribution is 7.09. The number of aromatic nitrogens is 1. The van der Waals surface area contributed by atoms with Crippen molar-refractivity contribution in [3.8, 4) is 11.3 Å². The monoisotopic (exact) mass is 377 g/mol. The minimum atomic E-state index is -0.194. The Morgan fingerprint density at radius 2 is 2.00 bits per heavy atom. The molecule has 5 nitrogen and oxygen atoms in total. The van der Waals surface area contributed by atoms with Crippen LogP contribution in [0.5, 0.6) is 0 Å². The fourth-order valence-electron chi connectivity index (χ4n) is 3.16. The second-order valence-electron chi connectivity index (χ2n) is 6.48. The summed E-state index contributed by atoms with van der Waals surface area (Å²) in [5, 5.41) is 5.96. The quantitative estimate of drug-likeness (QED) is 0.728. The van der Waals surface area contributed by atoms with Crippen molar-refractivity contribution in [2.24, 2.45) is 0 Å². The lowest BCUT2D eigenvalue weighted by Crippen LogP contribution is -2.24. The van der Waals surface area contributed by atoms with E-state index in [1.807, 2.05) is 48.7 Å². The largest absolute Gasteiger partial charge is 0.322 e.